The summed E-state index contributed by atoms with van der Waals surface area (Å²) < 4.78 is 36.1. The maximum atomic E-state index is 17.4. The van der Waals surface area contributed by atoms with Crippen LogP contribution < -0.4 is 19.9 Å². The Morgan fingerprint density at radius 2 is 1.70 bits per heavy atom. The average Bonchev–Trinajstić information content (AvgIpc) is 1.75. The summed E-state index contributed by atoms with van der Waals surface area (Å²) in [6, 6.07) is 17.7. The lowest BCUT2D eigenvalue weighted by atomic mass is 9.91. The van der Waals surface area contributed by atoms with Crippen LogP contribution in [-0.4, -0.2) is 157 Å². The number of fused-ring (bicyclic) bond motifs is 3. The summed E-state index contributed by atoms with van der Waals surface area (Å²) in [5.41, 5.74) is 5.01. The molecule has 5 aliphatic rings. The molecule has 0 aliphatic carbocycles. The molecule has 19 nitrogen and oxygen atoms in total. The highest BCUT2D eigenvalue weighted by Gasteiger charge is 2.58. The number of aliphatic hydroxyl groups excluding tert-OH is 1. The summed E-state index contributed by atoms with van der Waals surface area (Å²) in [5, 5.41) is 31.3. The number of carbonyl (C=O) groups is 3. The first-order valence-electron chi connectivity index (χ1n) is 30.7. The number of rotatable bonds is 16. The van der Waals surface area contributed by atoms with Crippen LogP contribution in [-0.2, 0) is 20.7 Å². The van der Waals surface area contributed by atoms with Crippen molar-refractivity contribution >= 4 is 62.6 Å². The minimum Gasteiger partial charge on any atom is -0.508 e. The lowest BCUT2D eigenvalue weighted by molar-refractivity contribution is -0.141. The number of aromatic hydroxyl groups is 1. The molecule has 12 rings (SSSR count). The largest absolute Gasteiger partial charge is 0.508 e. The van der Waals surface area contributed by atoms with Gasteiger partial charge < -0.3 is 49.1 Å². The number of β-amino-alcohol motifs (C(OH)–C–C–N with tert-alkyl or cyclic N) is 1. The van der Waals surface area contributed by atoms with Crippen molar-refractivity contribution in [3.8, 4) is 45.8 Å². The van der Waals surface area contributed by atoms with Crippen LogP contribution in [0.15, 0.2) is 76.9 Å². The van der Waals surface area contributed by atoms with Gasteiger partial charge in [0, 0.05) is 76.6 Å². The number of phenolic OH excluding ortho intramolecular Hbond substituents is 1. The van der Waals surface area contributed by atoms with Gasteiger partial charge in [0.05, 0.1) is 39.2 Å². The molecule has 21 heteroatoms. The molecular formula is C66H76FN11O8S. The van der Waals surface area contributed by atoms with Gasteiger partial charge in [0.25, 0.3) is 0 Å². The number of anilines is 2. The van der Waals surface area contributed by atoms with Gasteiger partial charge in [-0.2, -0.15) is 9.97 Å². The Labute approximate surface area is 510 Å². The van der Waals surface area contributed by atoms with Crippen molar-refractivity contribution in [1.82, 2.24) is 45.1 Å². The zero-order valence-electron chi connectivity index (χ0n) is 50.1. The molecule has 6 atom stereocenters. The van der Waals surface area contributed by atoms with Gasteiger partial charge in [-0.15, -0.1) is 17.8 Å². The van der Waals surface area contributed by atoms with E-state index in [0.717, 1.165) is 89.6 Å². The van der Waals surface area contributed by atoms with E-state index in [0.29, 0.717) is 80.3 Å². The summed E-state index contributed by atoms with van der Waals surface area (Å²) in [6.45, 7) is 13.6. The maximum absolute atomic E-state index is 17.4. The number of hydrogen-bond acceptors (Lipinski definition) is 17. The number of carbonyl (C=O) groups excluding carboxylic acids is 3. The lowest BCUT2D eigenvalue weighted by Crippen LogP contribution is -2.55. The Morgan fingerprint density at radius 3 is 2.43 bits per heavy atom. The van der Waals surface area contributed by atoms with Crippen LogP contribution in [0.4, 0.5) is 20.8 Å². The van der Waals surface area contributed by atoms with Crippen LogP contribution in [0.25, 0.3) is 43.4 Å². The monoisotopic (exact) mass is 1200 g/mol. The van der Waals surface area contributed by atoms with Gasteiger partial charge in [-0.3, -0.25) is 19.5 Å². The van der Waals surface area contributed by atoms with E-state index in [1.807, 2.05) is 87.5 Å². The Kier molecular flexibility index (Phi) is 16.9. The number of benzene rings is 3. The number of likely N-dealkylation sites (tertiary alicyclic amines) is 1. The van der Waals surface area contributed by atoms with Crippen LogP contribution in [0.1, 0.15) is 120 Å². The van der Waals surface area contributed by atoms with Crippen molar-refractivity contribution < 1.29 is 43.0 Å². The number of terminal acetylenes is 1. The number of amides is 3. The molecule has 0 saturated carbocycles. The van der Waals surface area contributed by atoms with Crippen LogP contribution in [0, 0.1) is 31.0 Å². The summed E-state index contributed by atoms with van der Waals surface area (Å²) in [4.78, 5) is 71.9. The maximum Gasteiger partial charge on any atom is 0.409 e. The molecule has 3 aromatic carbocycles. The second kappa shape index (κ2) is 24.7. The van der Waals surface area contributed by atoms with Gasteiger partial charge in [0.1, 0.15) is 53.5 Å². The van der Waals surface area contributed by atoms with Crippen LogP contribution >= 0.6 is 11.3 Å². The number of nitrogens with zero attached hydrogens (tertiary/aromatic N) is 10. The number of aryl methyl sites for hydroxylation is 2. The van der Waals surface area contributed by atoms with Gasteiger partial charge in [0.2, 0.25) is 11.8 Å². The summed E-state index contributed by atoms with van der Waals surface area (Å²) in [7, 11) is 0. The van der Waals surface area contributed by atoms with Gasteiger partial charge in [-0.25, -0.2) is 14.2 Å². The molecule has 9 heterocycles. The first-order valence-corrected chi connectivity index (χ1v) is 31.6. The lowest BCUT2D eigenvalue weighted by Gasteiger charge is -2.40. The molecule has 0 radical (unpaired) electrons. The van der Waals surface area contributed by atoms with E-state index in [4.69, 9.17) is 35.4 Å². The number of phenols is 1. The number of aliphatic hydroxyl groups is 1. The van der Waals surface area contributed by atoms with Gasteiger partial charge >= 0.3 is 12.1 Å². The Morgan fingerprint density at radius 1 is 0.920 bits per heavy atom. The number of hydrogen-bond donors (Lipinski definition) is 3. The number of piperazine rings is 1. The average molecular weight is 1200 g/mol. The van der Waals surface area contributed by atoms with E-state index < -0.39 is 41.1 Å². The molecule has 5 saturated heterocycles. The summed E-state index contributed by atoms with van der Waals surface area (Å²) >= 11 is 1.58. The molecule has 5 aliphatic heterocycles. The fraction of sp³-hybridized carbons (Fsp3) is 0.485. The second-order valence-corrected chi connectivity index (χ2v) is 25.4. The standard InChI is InChI=1S/C66H76FN11O8S/c1-7-43-15-13-16-46-31-47(79)32-49(55(43)46)57-56(67)58-50(35-68-57)60(75-24-11-9-10-12-25-75)72-63(71-58)84-38-66-21-14-26-78(66)65(8-2,22-23-66)37-85-64(83)76-29-27-74(28-30-76)53-34-52(86-73-53)54(40(3)4)62(82)77-36-48(80)33-51(77)61(81)70-41(5)44-17-19-45(20-18-44)59-42(6)69-39-87-59/h2,13,15-20,31-32,34-35,39-41,48,51,54,79-80H,7,9-12,14,21-30,33,36-38H2,1,3-6H3,(H,70,81)/t41-,48+,51-,54+,65-,66+/m0/s1. The van der Waals surface area contributed by atoms with Crippen LogP contribution in [0.3, 0.4) is 0 Å². The zero-order chi connectivity index (χ0) is 60.7. The number of halogens is 1. The first-order chi connectivity index (χ1) is 42.1. The quantitative estimate of drug-likeness (QED) is 0.0767. The fourth-order valence-corrected chi connectivity index (χ4v) is 14.9. The molecular weight excluding hydrogens is 1130 g/mol. The van der Waals surface area contributed by atoms with Gasteiger partial charge in [-0.1, -0.05) is 87.2 Å². The normalized spacial score (nSPS) is 22.4. The van der Waals surface area contributed by atoms with E-state index >= 15 is 4.39 Å². The molecule has 0 unspecified atom stereocenters. The number of ether oxygens (including phenoxy) is 2. The number of aromatic nitrogens is 5. The van der Waals surface area contributed by atoms with Crippen molar-refractivity contribution in [2.75, 3.05) is 75.4 Å². The molecule has 4 aromatic heterocycles. The minimum atomic E-state index is -0.890. The first kappa shape index (κ1) is 59.4. The zero-order valence-corrected chi connectivity index (χ0v) is 51.0. The number of thiazole rings is 1. The molecule has 5 fully saturated rings. The molecule has 87 heavy (non-hydrogen) atoms. The van der Waals surface area contributed by atoms with E-state index in [1.165, 1.54) is 4.90 Å². The molecule has 456 valence electrons. The highest BCUT2D eigenvalue weighted by Crippen LogP contribution is 2.49. The Hall–Kier alpha value is -7.93. The Balaban J connectivity index is 0.684. The third-order valence-electron chi connectivity index (χ3n) is 18.8. The smallest absolute Gasteiger partial charge is 0.409 e. The third kappa shape index (κ3) is 11.5. The fourth-order valence-electron chi connectivity index (χ4n) is 14.1. The summed E-state index contributed by atoms with van der Waals surface area (Å²) in [5.74, 6) is 2.20. The molecule has 3 N–H and O–H groups in total. The van der Waals surface area contributed by atoms with Crippen molar-refractivity contribution in [2.24, 2.45) is 5.92 Å². The number of pyridine rings is 1. The van der Waals surface area contributed by atoms with Crippen molar-refractivity contribution in [2.45, 2.75) is 134 Å². The second-order valence-electron chi connectivity index (χ2n) is 24.6. The third-order valence-corrected chi connectivity index (χ3v) is 19.8. The number of nitrogens with one attached hydrogen (secondary N) is 1. The van der Waals surface area contributed by atoms with E-state index in [1.54, 1.807) is 40.6 Å². The van der Waals surface area contributed by atoms with E-state index in [-0.39, 0.29) is 72.9 Å². The topological polar surface area (TPSA) is 216 Å². The summed E-state index contributed by atoms with van der Waals surface area (Å²) in [6.07, 6.45) is 14.5. The van der Waals surface area contributed by atoms with Crippen molar-refractivity contribution in [1.29, 1.82) is 0 Å². The van der Waals surface area contributed by atoms with E-state index in [9.17, 15) is 24.6 Å². The molecule has 3 amide bonds. The van der Waals surface area contributed by atoms with E-state index in [2.05, 4.69) is 31.2 Å². The highest BCUT2D eigenvalue weighted by molar-refractivity contribution is 7.13. The highest BCUT2D eigenvalue weighted by atomic mass is 32.1. The minimum absolute atomic E-state index is 0.0115. The van der Waals surface area contributed by atoms with Gasteiger partial charge in [0.15, 0.2) is 17.4 Å². The molecule has 7 aromatic rings. The molecule has 0 spiro atoms. The van der Waals surface area contributed by atoms with Gasteiger partial charge in [-0.05, 0) is 104 Å². The molecule has 0 bridgehead atoms. The van der Waals surface area contributed by atoms with Crippen LogP contribution in [0.2, 0.25) is 0 Å². The van der Waals surface area contributed by atoms with Crippen molar-refractivity contribution in [3.63, 3.8) is 0 Å². The Bertz CT molecular complexity index is 3740. The SMILES string of the molecule is C#C[C@@]1(COC(=O)N2CCN(c3cc([C@H](C(=O)N4C[C@H](O)C[C@H]4C(=O)N[C@@H](C)c4ccc(-c5scnc5C)cc4)C(C)C)on3)CC2)CC[C@@]2(COc3nc(N4CCCCCC4)c4cnc(-c5cc(O)cc6cccc(CC)c56)c(F)c4n3)CCCN12. The van der Waals surface area contributed by atoms with Crippen molar-refractivity contribution in [3.05, 3.63) is 101 Å². The predicted molar refractivity (Wildman–Crippen MR) is 331 cm³/mol. The van der Waals surface area contributed by atoms with Crippen LogP contribution in [0.5, 0.6) is 11.8 Å². The predicted octanol–water partition coefficient (Wildman–Crippen LogP) is 9.97.